The molecule has 204 valence electrons. The molecular weight excluding hydrogens is 500 g/mol. The van der Waals surface area contributed by atoms with Crippen molar-refractivity contribution in [2.24, 2.45) is 0 Å². The number of carbonyl (C=O) groups excluding carboxylic acids is 3. The molecule has 5 rings (SSSR count). The fraction of sp³-hybridized carbons (Fsp3) is 0.379. The number of oxazole rings is 1. The number of amides is 3. The maximum Gasteiger partial charge on any atom is 0.276 e. The summed E-state index contributed by atoms with van der Waals surface area (Å²) in [6, 6.07) is 14.9. The van der Waals surface area contributed by atoms with Crippen LogP contribution in [0, 0.1) is 6.92 Å². The summed E-state index contributed by atoms with van der Waals surface area (Å²) in [6.07, 6.45) is 2.22. The summed E-state index contributed by atoms with van der Waals surface area (Å²) in [5.74, 6) is 1.11. The molecule has 0 spiro atoms. The van der Waals surface area contributed by atoms with Gasteiger partial charge in [0.2, 0.25) is 11.8 Å². The Labute approximate surface area is 226 Å². The van der Waals surface area contributed by atoms with Crippen LogP contribution in [0.15, 0.2) is 59.3 Å². The van der Waals surface area contributed by atoms with Gasteiger partial charge in [0, 0.05) is 26.6 Å². The van der Waals surface area contributed by atoms with Crippen LogP contribution in [0.1, 0.15) is 40.2 Å². The Kier molecular flexibility index (Phi) is 7.92. The molecule has 3 heterocycles. The minimum absolute atomic E-state index is 0.0937. The quantitative estimate of drug-likeness (QED) is 0.512. The lowest BCUT2D eigenvalue weighted by molar-refractivity contribution is -0.135. The number of nitrogens with zero attached hydrogens (tertiary/aromatic N) is 3. The van der Waals surface area contributed by atoms with Gasteiger partial charge in [-0.15, -0.1) is 0 Å². The molecule has 10 nitrogen and oxygen atoms in total. The number of hydrogen-bond acceptors (Lipinski definition) is 7. The number of likely N-dealkylation sites (N-methyl/N-ethyl adjacent to an activating group) is 1. The number of piperidine rings is 1. The van der Waals surface area contributed by atoms with Crippen molar-refractivity contribution in [3.05, 3.63) is 77.5 Å². The lowest BCUT2D eigenvalue weighted by atomic mass is 10.0. The second-order valence-corrected chi connectivity index (χ2v) is 9.97. The minimum atomic E-state index is -0.468. The Morgan fingerprint density at radius 2 is 1.79 bits per heavy atom. The number of ether oxygens (including phenoxy) is 2. The van der Waals surface area contributed by atoms with Crippen molar-refractivity contribution < 1.29 is 28.3 Å². The van der Waals surface area contributed by atoms with E-state index in [4.69, 9.17) is 13.9 Å². The van der Waals surface area contributed by atoms with Crippen LogP contribution < -0.4 is 10.1 Å². The van der Waals surface area contributed by atoms with E-state index in [0.29, 0.717) is 43.3 Å². The van der Waals surface area contributed by atoms with Gasteiger partial charge in [-0.2, -0.15) is 0 Å². The molecule has 1 saturated heterocycles. The summed E-state index contributed by atoms with van der Waals surface area (Å²) in [7, 11) is 1.62. The molecule has 1 N–H and O–H groups in total. The van der Waals surface area contributed by atoms with E-state index >= 15 is 0 Å². The van der Waals surface area contributed by atoms with Gasteiger partial charge in [-0.05, 0) is 55.2 Å². The van der Waals surface area contributed by atoms with Crippen LogP contribution in [0.4, 0.5) is 0 Å². The fourth-order valence-electron chi connectivity index (χ4n) is 4.91. The first-order chi connectivity index (χ1) is 18.9. The number of likely N-dealkylation sites (tertiary alicyclic amines) is 1. The third-order valence-electron chi connectivity index (χ3n) is 7.06. The number of carbonyl (C=O) groups is 3. The molecule has 10 heteroatoms. The Bertz CT molecular complexity index is 1350. The van der Waals surface area contributed by atoms with Gasteiger partial charge in [-0.25, -0.2) is 4.98 Å². The van der Waals surface area contributed by atoms with E-state index in [1.54, 1.807) is 18.9 Å². The lowest BCUT2D eigenvalue weighted by Crippen LogP contribution is -2.58. The average molecular weight is 533 g/mol. The highest BCUT2D eigenvalue weighted by Crippen LogP contribution is 2.25. The van der Waals surface area contributed by atoms with Crippen molar-refractivity contribution in [1.29, 1.82) is 0 Å². The summed E-state index contributed by atoms with van der Waals surface area (Å²) < 4.78 is 17.6. The van der Waals surface area contributed by atoms with Crippen LogP contribution in [0.5, 0.6) is 11.5 Å². The molecule has 2 atom stereocenters. The molecule has 1 fully saturated rings. The third kappa shape index (κ3) is 6.46. The molecule has 0 aliphatic carbocycles. The first-order valence-electron chi connectivity index (χ1n) is 13.1. The Morgan fingerprint density at radius 1 is 1.05 bits per heavy atom. The van der Waals surface area contributed by atoms with Crippen LogP contribution in [0.3, 0.4) is 0 Å². The molecule has 0 saturated carbocycles. The number of rotatable bonds is 1. The van der Waals surface area contributed by atoms with Gasteiger partial charge in [0.25, 0.3) is 5.91 Å². The molecule has 0 unspecified atom stereocenters. The number of nitrogens with one attached hydrogen (secondary N) is 1. The van der Waals surface area contributed by atoms with E-state index in [2.05, 4.69) is 10.3 Å². The second-order valence-electron chi connectivity index (χ2n) is 9.97. The van der Waals surface area contributed by atoms with Gasteiger partial charge >= 0.3 is 0 Å². The summed E-state index contributed by atoms with van der Waals surface area (Å²) in [4.78, 5) is 46.0. The molecule has 3 amide bonds. The van der Waals surface area contributed by atoms with Crippen molar-refractivity contribution in [3.63, 3.8) is 0 Å². The zero-order chi connectivity index (χ0) is 27.4. The smallest absolute Gasteiger partial charge is 0.276 e. The van der Waals surface area contributed by atoms with Gasteiger partial charge in [0.05, 0.1) is 25.3 Å². The maximum absolute atomic E-state index is 13.1. The second kappa shape index (κ2) is 11.7. The average Bonchev–Trinajstić information content (AvgIpc) is 3.36. The molecule has 2 aliphatic heterocycles. The number of fused-ring (bicyclic) bond motifs is 5. The maximum atomic E-state index is 13.1. The van der Waals surface area contributed by atoms with E-state index in [1.807, 2.05) is 48.5 Å². The first-order valence-corrected chi connectivity index (χ1v) is 13.1. The molecule has 1 aromatic heterocycles. The largest absolute Gasteiger partial charge is 0.457 e. The van der Waals surface area contributed by atoms with Crippen molar-refractivity contribution in [2.75, 3.05) is 26.7 Å². The Hall–Kier alpha value is -4.18. The van der Waals surface area contributed by atoms with Gasteiger partial charge in [0.1, 0.15) is 17.3 Å². The summed E-state index contributed by atoms with van der Waals surface area (Å²) in [5.41, 5.74) is 2.15. The summed E-state index contributed by atoms with van der Waals surface area (Å²) in [6.45, 7) is 2.60. The standard InChI is InChI=1S/C29H32N4O6/c1-19-28(30-18-38-19)29(36)33-12-11-25-24(15-33)31-26(34)16-32(2)27(35)10-9-20-5-3-7-22(13-20)39-23-8-4-6-21(14-23)17-37-25/h3-8,13-14,18,24-25H,9-12,15-17H2,1-2H3,(H,31,34)/t24-,25+/m1/s1. The third-order valence-corrected chi connectivity index (χ3v) is 7.06. The summed E-state index contributed by atoms with van der Waals surface area (Å²) in [5, 5.41) is 3.01. The van der Waals surface area contributed by atoms with Crippen molar-refractivity contribution in [2.45, 2.75) is 44.9 Å². The number of hydrogen-bond donors (Lipinski definition) is 1. The van der Waals surface area contributed by atoms with Crippen molar-refractivity contribution in [3.8, 4) is 11.5 Å². The van der Waals surface area contributed by atoms with Gasteiger partial charge in [-0.1, -0.05) is 24.3 Å². The van der Waals surface area contributed by atoms with Crippen LogP contribution in [0.25, 0.3) is 0 Å². The zero-order valence-corrected chi connectivity index (χ0v) is 22.1. The van der Waals surface area contributed by atoms with Gasteiger partial charge in [-0.3, -0.25) is 14.4 Å². The van der Waals surface area contributed by atoms with E-state index in [0.717, 1.165) is 11.1 Å². The highest BCUT2D eigenvalue weighted by Gasteiger charge is 2.35. The van der Waals surface area contributed by atoms with E-state index < -0.39 is 6.04 Å². The predicted octanol–water partition coefficient (Wildman–Crippen LogP) is 3.10. The molecule has 39 heavy (non-hydrogen) atoms. The molecule has 4 bridgehead atoms. The Morgan fingerprint density at radius 3 is 2.54 bits per heavy atom. The SMILES string of the molecule is Cc1ocnc1C(=O)N1CC[C@@H]2OCc3cccc(c3)Oc3cccc(c3)CCC(=O)N(C)CC(=O)N[C@@H]2C1. The van der Waals surface area contributed by atoms with Crippen LogP contribution in [-0.2, 0) is 27.4 Å². The predicted molar refractivity (Wildman–Crippen MR) is 141 cm³/mol. The highest BCUT2D eigenvalue weighted by atomic mass is 16.5. The van der Waals surface area contributed by atoms with Gasteiger partial charge in [0.15, 0.2) is 12.1 Å². The monoisotopic (exact) mass is 532 g/mol. The van der Waals surface area contributed by atoms with E-state index in [9.17, 15) is 14.4 Å². The highest BCUT2D eigenvalue weighted by molar-refractivity contribution is 5.93. The minimum Gasteiger partial charge on any atom is -0.457 e. The topological polar surface area (TPSA) is 114 Å². The van der Waals surface area contributed by atoms with Crippen molar-refractivity contribution >= 4 is 17.7 Å². The fourth-order valence-corrected chi connectivity index (χ4v) is 4.91. The number of aryl methyl sites for hydroxylation is 2. The molecule has 0 radical (unpaired) electrons. The van der Waals surface area contributed by atoms with E-state index in [1.165, 1.54) is 11.3 Å². The number of aromatic nitrogens is 1. The van der Waals surface area contributed by atoms with E-state index in [-0.39, 0.29) is 49.0 Å². The lowest BCUT2D eigenvalue weighted by Gasteiger charge is -2.38. The van der Waals surface area contributed by atoms with Gasteiger partial charge < -0.3 is 29.0 Å². The zero-order valence-electron chi connectivity index (χ0n) is 22.1. The van der Waals surface area contributed by atoms with Crippen LogP contribution in [0.2, 0.25) is 0 Å². The molecule has 2 aromatic carbocycles. The molecule has 3 aromatic rings. The summed E-state index contributed by atoms with van der Waals surface area (Å²) >= 11 is 0. The van der Waals surface area contributed by atoms with Crippen LogP contribution in [-0.4, -0.2) is 71.3 Å². The Balaban J connectivity index is 1.37. The first kappa shape index (κ1) is 26.4. The normalized spacial score (nSPS) is 20.8. The number of benzene rings is 2. The van der Waals surface area contributed by atoms with Crippen LogP contribution >= 0.6 is 0 Å². The molecule has 2 aliphatic rings. The van der Waals surface area contributed by atoms with Crippen molar-refractivity contribution in [1.82, 2.24) is 20.1 Å². The molecular formula is C29H32N4O6.